The lowest BCUT2D eigenvalue weighted by Crippen LogP contribution is -2.28. The Balaban J connectivity index is 2.47. The number of nitrogens with two attached hydrogens (primary N) is 1. The number of carbonyl (C=O) groups excluding carboxylic acids is 1. The number of nitrogens with one attached hydrogen (secondary N) is 2. The first-order valence-corrected chi connectivity index (χ1v) is 3.46. The molecule has 0 radical (unpaired) electrons. The first-order valence-electron chi connectivity index (χ1n) is 2.65. The van der Waals surface area contributed by atoms with E-state index in [0.29, 0.717) is 5.03 Å². The first kappa shape index (κ1) is 7.01. The second-order valence-corrected chi connectivity index (χ2v) is 2.48. The summed E-state index contributed by atoms with van der Waals surface area (Å²) in [6.45, 7) is 0. The highest BCUT2D eigenvalue weighted by atomic mass is 32.2. The van der Waals surface area contributed by atoms with E-state index in [1.165, 1.54) is 11.9 Å². The largest absolute Gasteiger partial charge is 0.351 e. The minimum absolute atomic E-state index is 0.546. The van der Waals surface area contributed by atoms with Crippen molar-refractivity contribution >= 4 is 18.0 Å². The molecule has 10 heavy (non-hydrogen) atoms. The van der Waals surface area contributed by atoms with Crippen LogP contribution in [0.1, 0.15) is 0 Å². The number of carbonyl (C=O) groups is 1. The third kappa shape index (κ3) is 2.02. The molecule has 4 nitrogen and oxygen atoms in total. The Bertz CT molecular complexity index is 199. The predicted octanol–water partition coefficient (Wildman–Crippen LogP) is 0.261. The van der Waals surface area contributed by atoms with Crippen LogP contribution in [0.2, 0.25) is 0 Å². The highest BCUT2D eigenvalue weighted by Crippen LogP contribution is 2.10. The summed E-state index contributed by atoms with van der Waals surface area (Å²) in [4.78, 5) is 10.3. The van der Waals surface area contributed by atoms with E-state index >= 15 is 0 Å². The average molecular weight is 157 g/mol. The van der Waals surface area contributed by atoms with Crippen LogP contribution in [0.4, 0.5) is 4.79 Å². The van der Waals surface area contributed by atoms with E-state index in [1.807, 2.05) is 0 Å². The molecule has 1 heterocycles. The number of hydrogen-bond donors (Lipinski definition) is 3. The Labute approximate surface area is 62.7 Å². The van der Waals surface area contributed by atoms with Gasteiger partial charge in [-0.2, -0.15) is 0 Å². The lowest BCUT2D eigenvalue weighted by molar-refractivity contribution is 0.252. The van der Waals surface area contributed by atoms with Gasteiger partial charge in [-0.1, -0.05) is 0 Å². The van der Waals surface area contributed by atoms with E-state index < -0.39 is 6.03 Å². The van der Waals surface area contributed by atoms with E-state index in [0.717, 1.165) is 0 Å². The molecule has 0 bridgehead atoms. The Hall–Kier alpha value is -1.10. The van der Waals surface area contributed by atoms with Crippen molar-refractivity contribution in [3.05, 3.63) is 23.4 Å². The van der Waals surface area contributed by atoms with E-state index in [4.69, 9.17) is 5.73 Å². The summed E-state index contributed by atoms with van der Waals surface area (Å²) in [5, 5.41) is 3.13. The molecule has 1 aliphatic rings. The molecule has 0 atom stereocenters. The molecule has 4 N–H and O–H groups in total. The number of allylic oxidation sites excluding steroid dienone is 2. The quantitative estimate of drug-likeness (QED) is 0.478. The highest BCUT2D eigenvalue weighted by molar-refractivity contribution is 8.01. The average Bonchev–Trinajstić information content (AvgIpc) is 1.88. The maximum absolute atomic E-state index is 10.3. The molecule has 0 saturated heterocycles. The fourth-order valence-corrected chi connectivity index (χ4v) is 1.07. The SMILES string of the molecule is NC(=O)NC1=CC=CNS1. The second-order valence-electron chi connectivity index (χ2n) is 1.60. The second kappa shape index (κ2) is 3.17. The minimum atomic E-state index is -0.546. The normalized spacial score (nSPS) is 15.4. The zero-order valence-electron chi connectivity index (χ0n) is 5.13. The van der Waals surface area contributed by atoms with Crippen LogP contribution in [0, 0.1) is 0 Å². The predicted molar refractivity (Wildman–Crippen MR) is 40.7 cm³/mol. The van der Waals surface area contributed by atoms with Gasteiger partial charge in [0, 0.05) is 18.1 Å². The van der Waals surface area contributed by atoms with Crippen LogP contribution in [0.5, 0.6) is 0 Å². The highest BCUT2D eigenvalue weighted by Gasteiger charge is 2.00. The van der Waals surface area contributed by atoms with Gasteiger partial charge in [-0.3, -0.25) is 0 Å². The van der Waals surface area contributed by atoms with Crippen LogP contribution < -0.4 is 15.8 Å². The number of urea groups is 1. The van der Waals surface area contributed by atoms with Crippen molar-refractivity contribution in [1.82, 2.24) is 10.0 Å². The van der Waals surface area contributed by atoms with Crippen molar-refractivity contribution in [2.75, 3.05) is 0 Å². The van der Waals surface area contributed by atoms with Gasteiger partial charge < -0.3 is 15.8 Å². The Morgan fingerprint density at radius 3 is 3.10 bits per heavy atom. The number of hydrogen-bond acceptors (Lipinski definition) is 3. The maximum atomic E-state index is 10.3. The van der Waals surface area contributed by atoms with Crippen molar-refractivity contribution in [3.63, 3.8) is 0 Å². The number of rotatable bonds is 1. The topological polar surface area (TPSA) is 67.2 Å². The van der Waals surface area contributed by atoms with Gasteiger partial charge in [0.05, 0.1) is 5.03 Å². The smallest absolute Gasteiger partial charge is 0.317 e. The molecule has 0 aromatic heterocycles. The molecule has 0 fully saturated rings. The van der Waals surface area contributed by atoms with Gasteiger partial charge in [0.2, 0.25) is 0 Å². The van der Waals surface area contributed by atoms with Crippen LogP contribution in [0.25, 0.3) is 0 Å². The zero-order valence-corrected chi connectivity index (χ0v) is 5.94. The van der Waals surface area contributed by atoms with E-state index in [9.17, 15) is 4.79 Å². The van der Waals surface area contributed by atoms with Crippen LogP contribution in [0.15, 0.2) is 23.4 Å². The van der Waals surface area contributed by atoms with Crippen molar-refractivity contribution in [3.8, 4) is 0 Å². The molecule has 0 aromatic rings. The fourth-order valence-electron chi connectivity index (χ4n) is 0.495. The van der Waals surface area contributed by atoms with Crippen molar-refractivity contribution in [1.29, 1.82) is 0 Å². The van der Waals surface area contributed by atoms with Gasteiger partial charge in [-0.25, -0.2) is 4.79 Å². The van der Waals surface area contributed by atoms with Gasteiger partial charge in [0.1, 0.15) is 0 Å². The van der Waals surface area contributed by atoms with Gasteiger partial charge in [0.25, 0.3) is 0 Å². The molecule has 0 unspecified atom stereocenters. The molecule has 5 heteroatoms. The van der Waals surface area contributed by atoms with Crippen LogP contribution >= 0.6 is 11.9 Å². The van der Waals surface area contributed by atoms with E-state index in [1.54, 1.807) is 18.4 Å². The Morgan fingerprint density at radius 1 is 1.80 bits per heavy atom. The molecule has 54 valence electrons. The summed E-state index contributed by atoms with van der Waals surface area (Å²) in [6.07, 6.45) is 5.30. The van der Waals surface area contributed by atoms with Gasteiger partial charge in [-0.15, -0.1) is 0 Å². The van der Waals surface area contributed by atoms with Crippen LogP contribution in [0.3, 0.4) is 0 Å². The summed E-state index contributed by atoms with van der Waals surface area (Å²) in [5.74, 6) is 0. The molecular weight excluding hydrogens is 150 g/mol. The van der Waals surface area contributed by atoms with Gasteiger partial charge in [0.15, 0.2) is 0 Å². The van der Waals surface area contributed by atoms with Crippen LogP contribution in [-0.4, -0.2) is 6.03 Å². The molecule has 0 saturated carbocycles. The third-order valence-electron chi connectivity index (χ3n) is 0.827. The molecule has 0 spiro atoms. The monoisotopic (exact) mass is 157 g/mol. The molecule has 1 aliphatic heterocycles. The molecule has 0 aliphatic carbocycles. The lowest BCUT2D eigenvalue weighted by Gasteiger charge is -2.07. The summed E-state index contributed by atoms with van der Waals surface area (Å²) < 4.78 is 2.84. The van der Waals surface area contributed by atoms with Crippen molar-refractivity contribution < 1.29 is 4.79 Å². The summed E-state index contributed by atoms with van der Waals surface area (Å²) in [7, 11) is 0. The molecule has 1 rings (SSSR count). The number of primary amides is 1. The minimum Gasteiger partial charge on any atom is -0.351 e. The Morgan fingerprint density at radius 2 is 2.60 bits per heavy atom. The standard InChI is InChI=1S/C5H7N3OS/c6-5(9)8-4-2-1-3-7-10-4/h1-3,7H,(H3,6,8,9). The summed E-state index contributed by atoms with van der Waals surface area (Å²) in [6, 6.07) is -0.546. The van der Waals surface area contributed by atoms with Gasteiger partial charge in [-0.05, 0) is 12.2 Å². The summed E-state index contributed by atoms with van der Waals surface area (Å²) >= 11 is 1.30. The van der Waals surface area contributed by atoms with E-state index in [2.05, 4.69) is 10.0 Å². The molecule has 0 aromatic carbocycles. The van der Waals surface area contributed by atoms with Gasteiger partial charge >= 0.3 is 6.03 Å². The third-order valence-corrected chi connectivity index (χ3v) is 1.54. The van der Waals surface area contributed by atoms with Crippen molar-refractivity contribution in [2.45, 2.75) is 0 Å². The first-order chi connectivity index (χ1) is 4.79. The van der Waals surface area contributed by atoms with Crippen LogP contribution in [-0.2, 0) is 0 Å². The van der Waals surface area contributed by atoms with Crippen molar-refractivity contribution in [2.24, 2.45) is 5.73 Å². The number of amides is 2. The maximum Gasteiger partial charge on any atom is 0.317 e. The van der Waals surface area contributed by atoms with E-state index in [-0.39, 0.29) is 0 Å². The fraction of sp³-hybridized carbons (Fsp3) is 0. The molecular formula is C5H7N3OS. The Kier molecular flexibility index (Phi) is 2.22. The summed E-state index contributed by atoms with van der Waals surface area (Å²) in [5.41, 5.74) is 4.87. The zero-order chi connectivity index (χ0) is 7.40. The molecule has 2 amide bonds. The lowest BCUT2D eigenvalue weighted by atomic mass is 10.5.